The quantitative estimate of drug-likeness (QED) is 0.364. The van der Waals surface area contributed by atoms with Gasteiger partial charge in [0.1, 0.15) is 5.60 Å². The maximum absolute atomic E-state index is 12.8. The first-order valence-corrected chi connectivity index (χ1v) is 11.5. The van der Waals surface area contributed by atoms with Gasteiger partial charge in [-0.05, 0) is 49.9 Å². The second kappa shape index (κ2) is 10.2. The van der Waals surface area contributed by atoms with Crippen molar-refractivity contribution in [1.82, 2.24) is 9.78 Å². The molecule has 0 spiro atoms. The van der Waals surface area contributed by atoms with Gasteiger partial charge in [-0.15, -0.1) is 0 Å². The van der Waals surface area contributed by atoms with Gasteiger partial charge < -0.3 is 15.2 Å². The first kappa shape index (κ1) is 23.7. The topological polar surface area (TPSA) is 79.4 Å². The van der Waals surface area contributed by atoms with Gasteiger partial charge in [0.05, 0.1) is 30.5 Å². The van der Waals surface area contributed by atoms with Crippen molar-refractivity contribution in [1.29, 1.82) is 0 Å². The third-order valence-corrected chi connectivity index (χ3v) is 5.49. The van der Waals surface area contributed by atoms with Gasteiger partial charge in [-0.3, -0.25) is 0 Å². The third kappa shape index (κ3) is 5.53. The van der Waals surface area contributed by atoms with Crippen LogP contribution in [0.3, 0.4) is 0 Å². The van der Waals surface area contributed by atoms with Crippen LogP contribution in [0.15, 0.2) is 78.9 Å². The zero-order valence-electron chi connectivity index (χ0n) is 19.9. The minimum atomic E-state index is -0.626. The van der Waals surface area contributed by atoms with Crippen LogP contribution in [-0.2, 0) is 22.5 Å². The van der Waals surface area contributed by atoms with Gasteiger partial charge >= 0.3 is 6.09 Å². The van der Waals surface area contributed by atoms with Crippen molar-refractivity contribution in [2.75, 3.05) is 6.61 Å². The highest BCUT2D eigenvalue weighted by molar-refractivity contribution is 5.90. The average Bonchev–Trinajstić information content (AvgIpc) is 3.21. The van der Waals surface area contributed by atoms with Crippen molar-refractivity contribution in [2.24, 2.45) is 5.73 Å². The van der Waals surface area contributed by atoms with Crippen LogP contribution in [0.4, 0.5) is 4.79 Å². The second-order valence-electron chi connectivity index (χ2n) is 9.26. The van der Waals surface area contributed by atoms with Crippen LogP contribution in [-0.4, -0.2) is 28.1 Å². The van der Waals surface area contributed by atoms with Crippen molar-refractivity contribution in [3.63, 3.8) is 0 Å². The lowest BCUT2D eigenvalue weighted by Gasteiger charge is -2.19. The molecule has 6 nitrogen and oxygen atoms in total. The standard InChI is InChI=1S/C28H31N3O3/c1-28(2,3)34-27(32)31-24-16-10-9-15-23(24)26(30-31)25(29)22-14-8-7-13-21(22)17-18-33-19-20-11-5-4-6-12-20/h4-16,25H,17-19,29H2,1-3H3/t25-/m1/s1. The normalized spacial score (nSPS) is 12.6. The van der Waals surface area contributed by atoms with E-state index >= 15 is 0 Å². The van der Waals surface area contributed by atoms with Gasteiger partial charge in [-0.25, -0.2) is 4.79 Å². The number of carbonyl (C=O) groups excluding carboxylic acids is 1. The van der Waals surface area contributed by atoms with E-state index in [1.54, 1.807) is 0 Å². The Morgan fingerprint density at radius 3 is 2.41 bits per heavy atom. The fraction of sp³-hybridized carbons (Fsp3) is 0.286. The summed E-state index contributed by atoms with van der Waals surface area (Å²) in [7, 11) is 0. The van der Waals surface area contributed by atoms with E-state index in [-0.39, 0.29) is 0 Å². The molecule has 1 aromatic heterocycles. The number of aromatic nitrogens is 2. The Hall–Kier alpha value is -3.48. The van der Waals surface area contributed by atoms with Crippen LogP contribution in [0.5, 0.6) is 0 Å². The fourth-order valence-electron chi connectivity index (χ4n) is 3.92. The molecule has 0 aliphatic rings. The Morgan fingerprint density at radius 1 is 0.971 bits per heavy atom. The smallest absolute Gasteiger partial charge is 0.435 e. The summed E-state index contributed by atoms with van der Waals surface area (Å²) in [6, 6.07) is 25.2. The number of rotatable bonds is 7. The lowest BCUT2D eigenvalue weighted by atomic mass is 9.95. The predicted molar refractivity (Wildman–Crippen MR) is 134 cm³/mol. The predicted octanol–water partition coefficient (Wildman–Crippen LogP) is 5.63. The molecule has 0 radical (unpaired) electrons. The molecule has 1 atom stereocenters. The van der Waals surface area contributed by atoms with Gasteiger partial charge in [-0.2, -0.15) is 9.78 Å². The average molecular weight is 458 g/mol. The van der Waals surface area contributed by atoms with E-state index in [4.69, 9.17) is 15.2 Å². The fourth-order valence-corrected chi connectivity index (χ4v) is 3.92. The Balaban J connectivity index is 1.57. The summed E-state index contributed by atoms with van der Waals surface area (Å²) in [6.07, 6.45) is 0.200. The van der Waals surface area contributed by atoms with E-state index in [2.05, 4.69) is 23.3 Å². The molecule has 1 heterocycles. The summed E-state index contributed by atoms with van der Waals surface area (Å²) >= 11 is 0. The molecule has 0 amide bonds. The van der Waals surface area contributed by atoms with Crippen molar-refractivity contribution in [2.45, 2.75) is 45.4 Å². The number of fused-ring (bicyclic) bond motifs is 1. The summed E-state index contributed by atoms with van der Waals surface area (Å²) in [6.45, 7) is 6.64. The first-order chi connectivity index (χ1) is 16.3. The minimum Gasteiger partial charge on any atom is -0.442 e. The zero-order valence-corrected chi connectivity index (χ0v) is 19.9. The molecule has 3 aromatic carbocycles. The molecule has 34 heavy (non-hydrogen) atoms. The van der Waals surface area contributed by atoms with E-state index in [9.17, 15) is 4.79 Å². The Bertz CT molecular complexity index is 1260. The number of carbonyl (C=O) groups is 1. The molecule has 0 aliphatic carbocycles. The lowest BCUT2D eigenvalue weighted by Crippen LogP contribution is -2.28. The number of nitrogens with zero attached hydrogens (tertiary/aromatic N) is 2. The monoisotopic (exact) mass is 457 g/mol. The number of hydrogen-bond donors (Lipinski definition) is 1. The van der Waals surface area contributed by atoms with Crippen LogP contribution in [0.2, 0.25) is 0 Å². The number of para-hydroxylation sites is 1. The maximum atomic E-state index is 12.8. The Labute approximate surface area is 200 Å². The summed E-state index contributed by atoms with van der Waals surface area (Å²) in [5, 5.41) is 5.44. The molecule has 0 unspecified atom stereocenters. The second-order valence-corrected chi connectivity index (χ2v) is 9.26. The van der Waals surface area contributed by atoms with Crippen LogP contribution in [0.1, 0.15) is 49.2 Å². The SMILES string of the molecule is CC(C)(C)OC(=O)n1nc([C@H](N)c2ccccc2CCOCc2ccccc2)c2ccccc21. The van der Waals surface area contributed by atoms with E-state index < -0.39 is 17.7 Å². The van der Waals surface area contributed by atoms with Gasteiger partial charge in [0.25, 0.3) is 0 Å². The van der Waals surface area contributed by atoms with E-state index in [1.807, 2.05) is 81.4 Å². The van der Waals surface area contributed by atoms with E-state index in [1.165, 1.54) is 4.68 Å². The lowest BCUT2D eigenvalue weighted by molar-refractivity contribution is 0.0522. The van der Waals surface area contributed by atoms with Gasteiger partial charge in [0, 0.05) is 5.39 Å². The highest BCUT2D eigenvalue weighted by Crippen LogP contribution is 2.29. The molecular weight excluding hydrogens is 426 g/mol. The number of nitrogens with two attached hydrogens (primary N) is 1. The Kier molecular flexibility index (Phi) is 7.10. The van der Waals surface area contributed by atoms with Crippen molar-refractivity contribution in [3.8, 4) is 0 Å². The molecule has 0 saturated carbocycles. The van der Waals surface area contributed by atoms with Gasteiger partial charge in [0.2, 0.25) is 0 Å². The van der Waals surface area contributed by atoms with Gasteiger partial charge in [-0.1, -0.05) is 72.8 Å². The molecule has 176 valence electrons. The highest BCUT2D eigenvalue weighted by Gasteiger charge is 2.25. The van der Waals surface area contributed by atoms with Crippen LogP contribution in [0.25, 0.3) is 10.9 Å². The largest absolute Gasteiger partial charge is 0.442 e. The van der Waals surface area contributed by atoms with E-state index in [0.717, 1.165) is 28.5 Å². The van der Waals surface area contributed by atoms with Crippen LogP contribution in [0, 0.1) is 0 Å². The summed E-state index contributed by atoms with van der Waals surface area (Å²) < 4.78 is 12.8. The molecule has 0 aliphatic heterocycles. The van der Waals surface area contributed by atoms with Crippen molar-refractivity contribution in [3.05, 3.63) is 101 Å². The van der Waals surface area contributed by atoms with Gasteiger partial charge in [0.15, 0.2) is 0 Å². The third-order valence-electron chi connectivity index (χ3n) is 5.49. The summed E-state index contributed by atoms with van der Waals surface area (Å²) in [4.78, 5) is 12.8. The molecule has 4 aromatic rings. The number of ether oxygens (including phenoxy) is 2. The molecule has 0 fully saturated rings. The van der Waals surface area contributed by atoms with E-state index in [0.29, 0.717) is 24.4 Å². The number of hydrogen-bond acceptors (Lipinski definition) is 5. The zero-order chi connectivity index (χ0) is 24.1. The molecule has 0 saturated heterocycles. The summed E-state index contributed by atoms with van der Waals surface area (Å²) in [5.41, 5.74) is 10.6. The molecule has 4 rings (SSSR count). The molecule has 6 heteroatoms. The minimum absolute atomic E-state index is 0.501. The first-order valence-electron chi connectivity index (χ1n) is 11.5. The van der Waals surface area contributed by atoms with Crippen molar-refractivity contribution < 1.29 is 14.3 Å². The Morgan fingerprint density at radius 2 is 1.65 bits per heavy atom. The highest BCUT2D eigenvalue weighted by atomic mass is 16.6. The van der Waals surface area contributed by atoms with Crippen molar-refractivity contribution >= 4 is 17.0 Å². The molecule has 2 N–H and O–H groups in total. The number of benzene rings is 3. The van der Waals surface area contributed by atoms with Crippen LogP contribution >= 0.6 is 0 Å². The molecular formula is C28H31N3O3. The summed E-state index contributed by atoms with van der Waals surface area (Å²) in [5.74, 6) is 0. The molecule has 0 bridgehead atoms. The van der Waals surface area contributed by atoms with Crippen LogP contribution < -0.4 is 5.73 Å². The maximum Gasteiger partial charge on any atom is 0.435 e.